The fourth-order valence-corrected chi connectivity index (χ4v) is 3.75. The van der Waals surface area contributed by atoms with E-state index in [4.69, 9.17) is 9.47 Å². The Morgan fingerprint density at radius 2 is 1.87 bits per heavy atom. The van der Waals surface area contributed by atoms with Crippen molar-refractivity contribution in [3.63, 3.8) is 0 Å². The molecule has 0 spiro atoms. The van der Waals surface area contributed by atoms with E-state index in [1.54, 1.807) is 37.3 Å². The summed E-state index contributed by atoms with van der Waals surface area (Å²) >= 11 is 0. The quantitative estimate of drug-likeness (QED) is 0.278. The van der Waals surface area contributed by atoms with Gasteiger partial charge in [-0.05, 0) is 43.3 Å². The van der Waals surface area contributed by atoms with Gasteiger partial charge >= 0.3 is 5.97 Å². The highest BCUT2D eigenvalue weighted by atomic mass is 16.5. The van der Waals surface area contributed by atoms with E-state index in [0.29, 0.717) is 28.2 Å². The van der Waals surface area contributed by atoms with E-state index in [-0.39, 0.29) is 11.5 Å². The third-order valence-electron chi connectivity index (χ3n) is 5.37. The number of aromatic nitrogens is 2. The van der Waals surface area contributed by atoms with Gasteiger partial charge in [0.2, 0.25) is 5.78 Å². The zero-order valence-electron chi connectivity index (χ0n) is 17.0. The Balaban J connectivity index is 1.48. The summed E-state index contributed by atoms with van der Waals surface area (Å²) in [6.45, 7) is 1.77. The van der Waals surface area contributed by atoms with Crippen LogP contribution in [0.2, 0.25) is 0 Å². The molecule has 2 aromatic heterocycles. The highest BCUT2D eigenvalue weighted by Crippen LogP contribution is 2.40. The van der Waals surface area contributed by atoms with Crippen molar-refractivity contribution in [3.8, 4) is 11.5 Å². The predicted octanol–water partition coefficient (Wildman–Crippen LogP) is 4.72. The van der Waals surface area contributed by atoms with E-state index >= 15 is 0 Å². The lowest BCUT2D eigenvalue weighted by atomic mass is 10.1. The Morgan fingerprint density at radius 1 is 1.10 bits per heavy atom. The first-order valence-corrected chi connectivity index (χ1v) is 9.77. The van der Waals surface area contributed by atoms with Crippen LogP contribution in [0.25, 0.3) is 17.0 Å². The number of benzene rings is 2. The number of rotatable bonds is 3. The lowest BCUT2D eigenvalue weighted by Gasteiger charge is -2.10. The number of aryl methyl sites for hydroxylation is 1. The first kappa shape index (κ1) is 18.8. The number of nitrogens with zero attached hydrogens (tertiary/aromatic N) is 2. The van der Waals surface area contributed by atoms with Gasteiger partial charge in [-0.3, -0.25) is 9.78 Å². The Bertz CT molecular complexity index is 1380. The van der Waals surface area contributed by atoms with Crippen LogP contribution >= 0.6 is 0 Å². The van der Waals surface area contributed by atoms with Crippen LogP contribution in [0.1, 0.15) is 31.8 Å². The van der Waals surface area contributed by atoms with E-state index in [2.05, 4.69) is 4.98 Å². The normalized spacial score (nSPS) is 14.0. The smallest absolute Gasteiger partial charge is 0.343 e. The minimum absolute atomic E-state index is 0.196. The SMILES string of the molecule is Cc1c(OC(=O)c2ccncc2)ccc2c1O/C(=C\c1cn(C)c3ccccc13)C2=O. The highest BCUT2D eigenvalue weighted by molar-refractivity contribution is 6.15. The van der Waals surface area contributed by atoms with Gasteiger partial charge in [-0.2, -0.15) is 0 Å². The van der Waals surface area contributed by atoms with Crippen LogP contribution < -0.4 is 9.47 Å². The first-order chi connectivity index (χ1) is 15.0. The van der Waals surface area contributed by atoms with Crippen molar-refractivity contribution in [3.05, 3.63) is 95.1 Å². The number of para-hydroxylation sites is 1. The predicted molar refractivity (Wildman–Crippen MR) is 116 cm³/mol. The molecule has 0 atom stereocenters. The van der Waals surface area contributed by atoms with Crippen molar-refractivity contribution >= 4 is 28.7 Å². The maximum absolute atomic E-state index is 12.9. The minimum Gasteiger partial charge on any atom is -0.452 e. The molecule has 0 saturated carbocycles. The van der Waals surface area contributed by atoms with E-state index in [9.17, 15) is 9.59 Å². The number of hydrogen-bond acceptors (Lipinski definition) is 5. The number of hydrogen-bond donors (Lipinski definition) is 0. The maximum Gasteiger partial charge on any atom is 0.343 e. The van der Waals surface area contributed by atoms with Crippen LogP contribution in [0, 0.1) is 6.92 Å². The average molecular weight is 410 g/mol. The molecule has 0 radical (unpaired) electrons. The van der Waals surface area contributed by atoms with Crippen LogP contribution in [0.3, 0.4) is 0 Å². The molecule has 31 heavy (non-hydrogen) atoms. The fraction of sp³-hybridized carbons (Fsp3) is 0.0800. The van der Waals surface area contributed by atoms with Gasteiger partial charge in [-0.25, -0.2) is 4.79 Å². The molecule has 6 heteroatoms. The topological polar surface area (TPSA) is 70.4 Å². The van der Waals surface area contributed by atoms with E-state index in [0.717, 1.165) is 16.5 Å². The summed E-state index contributed by atoms with van der Waals surface area (Å²) in [5, 5.41) is 1.04. The number of fused-ring (bicyclic) bond motifs is 2. The van der Waals surface area contributed by atoms with Crippen LogP contribution in [-0.2, 0) is 7.05 Å². The molecule has 0 aliphatic carbocycles. The summed E-state index contributed by atoms with van der Waals surface area (Å²) in [5.41, 5.74) is 3.40. The van der Waals surface area contributed by atoms with Crippen LogP contribution in [-0.4, -0.2) is 21.3 Å². The Hall–Kier alpha value is -4.19. The molecule has 0 N–H and O–H groups in total. The summed E-state index contributed by atoms with van der Waals surface area (Å²) in [5.74, 6) is 0.308. The Labute approximate surface area is 178 Å². The molecule has 2 aromatic carbocycles. The molecular formula is C25H18N2O4. The molecule has 3 heterocycles. The summed E-state index contributed by atoms with van der Waals surface area (Å²) in [4.78, 5) is 29.2. The molecule has 0 amide bonds. The molecule has 0 fully saturated rings. The van der Waals surface area contributed by atoms with Gasteiger partial charge in [0, 0.05) is 47.7 Å². The number of ketones is 1. The van der Waals surface area contributed by atoms with Crippen LogP contribution in [0.4, 0.5) is 0 Å². The number of pyridine rings is 1. The van der Waals surface area contributed by atoms with Gasteiger partial charge in [0.05, 0.1) is 11.1 Å². The van der Waals surface area contributed by atoms with E-state index < -0.39 is 5.97 Å². The van der Waals surface area contributed by atoms with Crippen molar-refractivity contribution in [2.45, 2.75) is 6.92 Å². The molecule has 0 saturated heterocycles. The Morgan fingerprint density at radius 3 is 2.68 bits per heavy atom. The van der Waals surface area contributed by atoms with Crippen molar-refractivity contribution in [1.29, 1.82) is 0 Å². The maximum atomic E-state index is 12.9. The molecule has 4 aromatic rings. The van der Waals surface area contributed by atoms with Crippen LogP contribution in [0.15, 0.2) is 72.9 Å². The monoisotopic (exact) mass is 410 g/mol. The Kier molecular flexibility index (Phi) is 4.40. The minimum atomic E-state index is -0.499. The van der Waals surface area contributed by atoms with Gasteiger partial charge in [-0.15, -0.1) is 0 Å². The third kappa shape index (κ3) is 3.18. The van der Waals surface area contributed by atoms with Crippen molar-refractivity contribution in [2.75, 3.05) is 0 Å². The number of allylic oxidation sites excluding steroid dienone is 1. The van der Waals surface area contributed by atoms with Gasteiger partial charge < -0.3 is 14.0 Å². The molecule has 1 aliphatic heterocycles. The molecule has 0 unspecified atom stereocenters. The molecular weight excluding hydrogens is 392 g/mol. The second-order valence-electron chi connectivity index (χ2n) is 7.34. The van der Waals surface area contributed by atoms with Crippen molar-refractivity contribution < 1.29 is 19.1 Å². The first-order valence-electron chi connectivity index (χ1n) is 9.77. The van der Waals surface area contributed by atoms with Crippen molar-refractivity contribution in [1.82, 2.24) is 9.55 Å². The largest absolute Gasteiger partial charge is 0.452 e. The number of esters is 1. The van der Waals surface area contributed by atoms with Gasteiger partial charge in [-0.1, -0.05) is 18.2 Å². The van der Waals surface area contributed by atoms with Crippen LogP contribution in [0.5, 0.6) is 11.5 Å². The fourth-order valence-electron chi connectivity index (χ4n) is 3.75. The number of ether oxygens (including phenoxy) is 2. The second kappa shape index (κ2) is 7.25. The molecule has 0 bridgehead atoms. The number of carbonyl (C=O) groups is 2. The zero-order valence-corrected chi connectivity index (χ0v) is 17.0. The third-order valence-corrected chi connectivity index (χ3v) is 5.37. The van der Waals surface area contributed by atoms with Crippen molar-refractivity contribution in [2.24, 2.45) is 7.05 Å². The lowest BCUT2D eigenvalue weighted by molar-refractivity contribution is 0.0733. The zero-order chi connectivity index (χ0) is 21.5. The summed E-state index contributed by atoms with van der Waals surface area (Å²) in [6.07, 6.45) is 6.77. The lowest BCUT2D eigenvalue weighted by Crippen LogP contribution is -2.09. The van der Waals surface area contributed by atoms with Gasteiger partial charge in [0.1, 0.15) is 11.5 Å². The summed E-state index contributed by atoms with van der Waals surface area (Å²) in [6, 6.07) is 14.4. The second-order valence-corrected chi connectivity index (χ2v) is 7.34. The highest BCUT2D eigenvalue weighted by Gasteiger charge is 2.31. The van der Waals surface area contributed by atoms with Gasteiger partial charge in [0.15, 0.2) is 5.76 Å². The molecule has 1 aliphatic rings. The number of carbonyl (C=O) groups excluding carboxylic acids is 2. The number of Topliss-reactive ketones (excluding diaryl/α,β-unsaturated/α-hetero) is 1. The standard InChI is InChI=1S/C25H18N2O4/c1-15-21(31-25(29)16-9-11-26-12-10-16)8-7-19-23(28)22(30-24(15)19)13-17-14-27(2)20-6-4-3-5-18(17)20/h3-14H,1-2H3/b22-13-. The van der Waals surface area contributed by atoms with E-state index in [1.165, 1.54) is 12.4 Å². The van der Waals surface area contributed by atoms with Gasteiger partial charge in [0.25, 0.3) is 0 Å². The summed E-state index contributed by atoms with van der Waals surface area (Å²) in [7, 11) is 1.96. The average Bonchev–Trinajstić information content (AvgIpc) is 3.28. The summed E-state index contributed by atoms with van der Waals surface area (Å²) < 4.78 is 13.5. The molecule has 152 valence electrons. The molecule has 6 nitrogen and oxygen atoms in total. The van der Waals surface area contributed by atoms with E-state index in [1.807, 2.05) is 42.1 Å². The molecule has 5 rings (SSSR count).